The molecule has 1 amide bonds. The Morgan fingerprint density at radius 2 is 2.10 bits per heavy atom. The van der Waals surface area contributed by atoms with Gasteiger partial charge in [-0.3, -0.25) is 10.1 Å². The molecule has 0 radical (unpaired) electrons. The fourth-order valence-corrected chi connectivity index (χ4v) is 2.30. The number of methoxy groups -OCH3 is 1. The highest BCUT2D eigenvalue weighted by atomic mass is 19.3. The fraction of sp³-hybridized carbons (Fsp3) is 0.500. The zero-order chi connectivity index (χ0) is 15.2. The monoisotopic (exact) mass is 300 g/mol. The van der Waals surface area contributed by atoms with Gasteiger partial charge in [0.15, 0.2) is 0 Å². The lowest BCUT2D eigenvalue weighted by Gasteiger charge is -2.24. The van der Waals surface area contributed by atoms with Crippen molar-refractivity contribution in [3.63, 3.8) is 0 Å². The van der Waals surface area contributed by atoms with Crippen LogP contribution in [0.25, 0.3) is 0 Å². The number of carbonyl (C=O) groups is 1. The summed E-state index contributed by atoms with van der Waals surface area (Å²) in [6.45, 7) is -1.41. The van der Waals surface area contributed by atoms with Gasteiger partial charge in [0.05, 0.1) is 6.54 Å². The summed E-state index contributed by atoms with van der Waals surface area (Å²) in [5.41, 5.74) is 0.833. The van der Waals surface area contributed by atoms with E-state index in [4.69, 9.17) is 4.74 Å². The molecule has 1 saturated heterocycles. The molecule has 7 heteroatoms. The Hall–Kier alpha value is -1.73. The second-order valence-corrected chi connectivity index (χ2v) is 4.66. The lowest BCUT2D eigenvalue weighted by molar-refractivity contribution is -0.128. The molecule has 21 heavy (non-hydrogen) atoms. The third-order valence-electron chi connectivity index (χ3n) is 3.25. The zero-order valence-electron chi connectivity index (χ0n) is 11.7. The molecule has 0 aliphatic carbocycles. The molecule has 0 spiro atoms. The maximum absolute atomic E-state index is 12.1. The molecule has 116 valence electrons. The maximum atomic E-state index is 12.1. The summed E-state index contributed by atoms with van der Waals surface area (Å²) in [5, 5.41) is 3.11. The summed E-state index contributed by atoms with van der Waals surface area (Å²) in [7, 11) is 1.61. The van der Waals surface area contributed by atoms with Crippen molar-refractivity contribution in [3.8, 4) is 5.75 Å². The van der Waals surface area contributed by atoms with Gasteiger partial charge < -0.3 is 14.4 Å². The molecule has 1 unspecified atom stereocenters. The van der Waals surface area contributed by atoms with Crippen molar-refractivity contribution >= 4 is 5.91 Å². The fourth-order valence-electron chi connectivity index (χ4n) is 2.30. The first-order chi connectivity index (χ1) is 10.1. The SMILES string of the molecule is COCCCN1C(=O)CNC1c1ccc(OC(F)F)cc1. The van der Waals surface area contributed by atoms with E-state index in [2.05, 4.69) is 10.1 Å². The zero-order valence-corrected chi connectivity index (χ0v) is 11.7. The summed E-state index contributed by atoms with van der Waals surface area (Å²) >= 11 is 0. The van der Waals surface area contributed by atoms with Gasteiger partial charge in [-0.05, 0) is 24.1 Å². The van der Waals surface area contributed by atoms with Crippen molar-refractivity contribution in [3.05, 3.63) is 29.8 Å². The Kier molecular flexibility index (Phi) is 5.46. The minimum atomic E-state index is -2.84. The molecule has 1 aliphatic heterocycles. The van der Waals surface area contributed by atoms with E-state index in [1.807, 2.05) is 0 Å². The predicted molar refractivity (Wildman–Crippen MR) is 72.0 cm³/mol. The summed E-state index contributed by atoms with van der Waals surface area (Å²) in [5.74, 6) is 0.119. The molecule has 0 aromatic heterocycles. The van der Waals surface area contributed by atoms with Crippen LogP contribution in [0.15, 0.2) is 24.3 Å². The molecule has 1 fully saturated rings. The Morgan fingerprint density at radius 1 is 1.38 bits per heavy atom. The van der Waals surface area contributed by atoms with Gasteiger partial charge in [0.1, 0.15) is 11.9 Å². The Balaban J connectivity index is 2.03. The Labute approximate surface area is 121 Å². The minimum absolute atomic E-state index is 0.0176. The van der Waals surface area contributed by atoms with Gasteiger partial charge in [-0.2, -0.15) is 8.78 Å². The normalized spacial score (nSPS) is 18.6. The van der Waals surface area contributed by atoms with Gasteiger partial charge in [-0.15, -0.1) is 0 Å². The van der Waals surface area contributed by atoms with Crippen LogP contribution in [0.5, 0.6) is 5.75 Å². The van der Waals surface area contributed by atoms with Crippen molar-refractivity contribution < 1.29 is 23.0 Å². The van der Waals surface area contributed by atoms with Crippen molar-refractivity contribution in [2.75, 3.05) is 26.8 Å². The van der Waals surface area contributed by atoms with Gasteiger partial charge in [0, 0.05) is 20.3 Å². The average molecular weight is 300 g/mol. The molecule has 1 aliphatic rings. The number of rotatable bonds is 7. The highest BCUT2D eigenvalue weighted by Crippen LogP contribution is 2.25. The van der Waals surface area contributed by atoms with Gasteiger partial charge >= 0.3 is 6.61 Å². The first-order valence-electron chi connectivity index (χ1n) is 6.68. The molecule has 1 heterocycles. The Morgan fingerprint density at radius 3 is 2.71 bits per heavy atom. The molecular weight excluding hydrogens is 282 g/mol. The average Bonchev–Trinajstić information content (AvgIpc) is 2.81. The Bertz CT molecular complexity index is 468. The number of nitrogens with one attached hydrogen (secondary N) is 1. The smallest absolute Gasteiger partial charge is 0.387 e. The number of carbonyl (C=O) groups excluding carboxylic acids is 1. The molecule has 1 atom stereocenters. The minimum Gasteiger partial charge on any atom is -0.435 e. The summed E-state index contributed by atoms with van der Waals surface area (Å²) in [6.07, 6.45) is 0.502. The molecule has 0 bridgehead atoms. The summed E-state index contributed by atoms with van der Waals surface area (Å²) in [6, 6.07) is 6.30. The largest absolute Gasteiger partial charge is 0.435 e. The quantitative estimate of drug-likeness (QED) is 0.780. The maximum Gasteiger partial charge on any atom is 0.387 e. The number of benzene rings is 1. The van der Waals surface area contributed by atoms with Crippen LogP contribution in [0, 0.1) is 0 Å². The van der Waals surface area contributed by atoms with E-state index in [1.165, 1.54) is 12.1 Å². The number of ether oxygens (including phenoxy) is 2. The standard InChI is InChI=1S/C14H18F2N2O3/c1-20-8-2-7-18-12(19)9-17-13(18)10-3-5-11(6-4-10)21-14(15)16/h3-6,13-14,17H,2,7-9H2,1H3. The molecule has 1 aromatic carbocycles. The number of hydrogen-bond donors (Lipinski definition) is 1. The van der Waals surface area contributed by atoms with Crippen LogP contribution in [-0.2, 0) is 9.53 Å². The topological polar surface area (TPSA) is 50.8 Å². The van der Waals surface area contributed by atoms with E-state index in [-0.39, 0.29) is 24.4 Å². The predicted octanol–water partition coefficient (Wildman–Crippen LogP) is 1.75. The highest BCUT2D eigenvalue weighted by Gasteiger charge is 2.30. The van der Waals surface area contributed by atoms with Crippen LogP contribution >= 0.6 is 0 Å². The van der Waals surface area contributed by atoms with Gasteiger partial charge in [-0.1, -0.05) is 12.1 Å². The van der Waals surface area contributed by atoms with E-state index in [9.17, 15) is 13.6 Å². The lowest BCUT2D eigenvalue weighted by Crippen LogP contribution is -2.31. The van der Waals surface area contributed by atoms with E-state index in [0.717, 1.165) is 12.0 Å². The van der Waals surface area contributed by atoms with Crippen molar-refractivity contribution in [1.82, 2.24) is 10.2 Å². The van der Waals surface area contributed by atoms with Crippen LogP contribution in [0.3, 0.4) is 0 Å². The first-order valence-corrected chi connectivity index (χ1v) is 6.68. The number of hydrogen-bond acceptors (Lipinski definition) is 4. The van der Waals surface area contributed by atoms with Crippen molar-refractivity contribution in [1.29, 1.82) is 0 Å². The van der Waals surface area contributed by atoms with Crippen molar-refractivity contribution in [2.45, 2.75) is 19.2 Å². The molecular formula is C14H18F2N2O3. The molecule has 1 aromatic rings. The van der Waals surface area contributed by atoms with Crippen molar-refractivity contribution in [2.24, 2.45) is 0 Å². The van der Waals surface area contributed by atoms with Crippen LogP contribution in [0.2, 0.25) is 0 Å². The molecule has 2 rings (SSSR count). The van der Waals surface area contributed by atoms with E-state index < -0.39 is 6.61 Å². The highest BCUT2D eigenvalue weighted by molar-refractivity contribution is 5.80. The number of nitrogens with zero attached hydrogens (tertiary/aromatic N) is 1. The van der Waals surface area contributed by atoms with Gasteiger partial charge in [0.25, 0.3) is 0 Å². The second-order valence-electron chi connectivity index (χ2n) is 4.66. The first kappa shape index (κ1) is 15.7. The van der Waals surface area contributed by atoms with Crippen LogP contribution < -0.4 is 10.1 Å². The number of alkyl halides is 2. The molecule has 5 nitrogen and oxygen atoms in total. The molecule has 0 saturated carbocycles. The molecule has 1 N–H and O–H groups in total. The van der Waals surface area contributed by atoms with Crippen LogP contribution in [-0.4, -0.2) is 44.2 Å². The third kappa shape index (κ3) is 4.12. The van der Waals surface area contributed by atoms with Gasteiger partial charge in [-0.25, -0.2) is 0 Å². The summed E-state index contributed by atoms with van der Waals surface area (Å²) in [4.78, 5) is 13.6. The number of amides is 1. The van der Waals surface area contributed by atoms with E-state index in [1.54, 1.807) is 24.1 Å². The third-order valence-corrected chi connectivity index (χ3v) is 3.25. The second kappa shape index (κ2) is 7.33. The van der Waals surface area contributed by atoms with Crippen LogP contribution in [0.4, 0.5) is 8.78 Å². The number of halogens is 2. The van der Waals surface area contributed by atoms with Gasteiger partial charge in [0.2, 0.25) is 5.91 Å². The van der Waals surface area contributed by atoms with E-state index >= 15 is 0 Å². The van der Waals surface area contributed by atoms with E-state index in [0.29, 0.717) is 13.2 Å². The summed E-state index contributed by atoms with van der Waals surface area (Å²) < 4.78 is 33.5. The lowest BCUT2D eigenvalue weighted by atomic mass is 10.1. The van der Waals surface area contributed by atoms with Crippen LogP contribution in [0.1, 0.15) is 18.2 Å².